The van der Waals surface area contributed by atoms with Gasteiger partial charge in [-0.25, -0.2) is 9.97 Å². The van der Waals surface area contributed by atoms with Gasteiger partial charge in [-0.15, -0.1) is 0 Å². The van der Waals surface area contributed by atoms with Crippen LogP contribution in [0.3, 0.4) is 0 Å². The molecule has 11 heavy (non-hydrogen) atoms. The number of carbonyl (C=O) groups excluding carboxylic acids is 1. The van der Waals surface area contributed by atoms with Crippen molar-refractivity contribution in [3.63, 3.8) is 0 Å². The molecule has 1 rings (SSSR count). The summed E-state index contributed by atoms with van der Waals surface area (Å²) in [6.07, 6.45) is 2.41. The first kappa shape index (κ1) is 7.94. The van der Waals surface area contributed by atoms with E-state index in [1.54, 1.807) is 0 Å². The average Bonchev–Trinajstić information content (AvgIpc) is 1.95. The average molecular weight is 172 g/mol. The molecule has 1 aromatic heterocycles. The van der Waals surface area contributed by atoms with E-state index >= 15 is 0 Å². The van der Waals surface area contributed by atoms with E-state index in [1.807, 2.05) is 0 Å². The summed E-state index contributed by atoms with van der Waals surface area (Å²) < 4.78 is 0. The van der Waals surface area contributed by atoms with Crippen LogP contribution in [0.5, 0.6) is 0 Å². The second-order valence-electron chi connectivity index (χ2n) is 1.92. The van der Waals surface area contributed by atoms with Gasteiger partial charge in [0.2, 0.25) is 5.28 Å². The van der Waals surface area contributed by atoms with Gasteiger partial charge in [0.25, 0.3) is 0 Å². The lowest BCUT2D eigenvalue weighted by Crippen LogP contribution is -1.99. The zero-order chi connectivity index (χ0) is 8.27. The van der Waals surface area contributed by atoms with Crippen LogP contribution in [0, 0.1) is 0 Å². The monoisotopic (exact) mass is 171 g/mol. The summed E-state index contributed by atoms with van der Waals surface area (Å²) in [5, 5.41) is 0.0946. The highest BCUT2D eigenvalue weighted by atomic mass is 35.5. The van der Waals surface area contributed by atoms with Crippen molar-refractivity contribution >= 4 is 23.7 Å². The number of rotatable bonds is 2. The van der Waals surface area contributed by atoms with Gasteiger partial charge in [-0.1, -0.05) is 0 Å². The van der Waals surface area contributed by atoms with Crippen molar-refractivity contribution in [3.05, 3.63) is 17.0 Å². The lowest BCUT2D eigenvalue weighted by atomic mass is 10.2. The Morgan fingerprint density at radius 3 is 3.00 bits per heavy atom. The maximum atomic E-state index is 10.1. The summed E-state index contributed by atoms with van der Waals surface area (Å²) in [5.74, 6) is 0.261. The van der Waals surface area contributed by atoms with Crippen LogP contribution in [0.2, 0.25) is 5.28 Å². The third kappa shape index (κ3) is 1.88. The lowest BCUT2D eigenvalue weighted by Gasteiger charge is -1.98. The Morgan fingerprint density at radius 2 is 2.45 bits per heavy atom. The van der Waals surface area contributed by atoms with Crippen LogP contribution in [0.15, 0.2) is 6.20 Å². The topological polar surface area (TPSA) is 68.9 Å². The molecule has 0 atom stereocenters. The van der Waals surface area contributed by atoms with Crippen LogP contribution >= 0.6 is 11.6 Å². The summed E-state index contributed by atoms with van der Waals surface area (Å²) in [4.78, 5) is 17.4. The molecule has 0 saturated heterocycles. The molecule has 1 heterocycles. The standard InChI is InChI=1S/C6H6ClN3O/c7-6-9-3-4(1-2-11)5(8)10-6/h2-3H,1H2,(H2,8,9,10). The predicted octanol–water partition coefficient (Wildman–Crippen LogP) is 0.454. The molecule has 0 aromatic carbocycles. The van der Waals surface area contributed by atoms with E-state index in [2.05, 4.69) is 9.97 Å². The molecule has 0 aliphatic heterocycles. The molecular formula is C6H6ClN3O. The van der Waals surface area contributed by atoms with Gasteiger partial charge in [0.1, 0.15) is 12.1 Å². The fourth-order valence-electron chi connectivity index (χ4n) is 0.644. The third-order valence-electron chi connectivity index (χ3n) is 1.17. The lowest BCUT2D eigenvalue weighted by molar-refractivity contribution is -0.107. The fourth-order valence-corrected chi connectivity index (χ4v) is 0.784. The maximum Gasteiger partial charge on any atom is 0.224 e. The molecule has 5 heteroatoms. The van der Waals surface area contributed by atoms with Crippen molar-refractivity contribution in [2.75, 3.05) is 5.73 Å². The van der Waals surface area contributed by atoms with E-state index in [-0.39, 0.29) is 17.5 Å². The molecule has 0 spiro atoms. The number of nitrogens with two attached hydrogens (primary N) is 1. The van der Waals surface area contributed by atoms with Gasteiger partial charge in [-0.2, -0.15) is 0 Å². The second kappa shape index (κ2) is 3.30. The van der Waals surface area contributed by atoms with Gasteiger partial charge in [-0.3, -0.25) is 0 Å². The molecule has 0 aliphatic carbocycles. The van der Waals surface area contributed by atoms with E-state index in [9.17, 15) is 4.79 Å². The Kier molecular flexibility index (Phi) is 2.38. The van der Waals surface area contributed by atoms with Crippen molar-refractivity contribution in [1.29, 1.82) is 0 Å². The molecule has 2 N–H and O–H groups in total. The number of carbonyl (C=O) groups is 1. The van der Waals surface area contributed by atoms with Crippen LogP contribution in [0.4, 0.5) is 5.82 Å². The normalized spacial score (nSPS) is 9.55. The predicted molar refractivity (Wildman–Crippen MR) is 41.2 cm³/mol. The van der Waals surface area contributed by atoms with Crippen LogP contribution in [-0.2, 0) is 11.2 Å². The van der Waals surface area contributed by atoms with E-state index in [0.29, 0.717) is 5.56 Å². The Balaban J connectivity index is 2.98. The first-order chi connectivity index (χ1) is 5.24. The summed E-state index contributed by atoms with van der Waals surface area (Å²) in [6.45, 7) is 0. The zero-order valence-corrected chi connectivity index (χ0v) is 6.38. The zero-order valence-electron chi connectivity index (χ0n) is 5.62. The molecule has 1 aromatic rings. The SMILES string of the molecule is Nc1nc(Cl)ncc1CC=O. The van der Waals surface area contributed by atoms with E-state index < -0.39 is 0 Å². The number of nitrogens with zero attached hydrogens (tertiary/aromatic N) is 2. The number of nitrogen functional groups attached to an aromatic ring is 1. The van der Waals surface area contributed by atoms with Crippen LogP contribution in [0.1, 0.15) is 5.56 Å². The Labute approximate surface area is 68.4 Å². The molecule has 0 saturated carbocycles. The van der Waals surface area contributed by atoms with Crippen molar-refractivity contribution in [2.45, 2.75) is 6.42 Å². The second-order valence-corrected chi connectivity index (χ2v) is 2.26. The van der Waals surface area contributed by atoms with Gasteiger partial charge in [0.05, 0.1) is 0 Å². The first-order valence-corrected chi connectivity index (χ1v) is 3.32. The Morgan fingerprint density at radius 1 is 1.73 bits per heavy atom. The minimum Gasteiger partial charge on any atom is -0.383 e. The number of anilines is 1. The molecule has 0 radical (unpaired) electrons. The molecule has 0 unspecified atom stereocenters. The number of aldehydes is 1. The number of aromatic nitrogens is 2. The molecule has 58 valence electrons. The van der Waals surface area contributed by atoms with Crippen LogP contribution in [0.25, 0.3) is 0 Å². The smallest absolute Gasteiger partial charge is 0.224 e. The van der Waals surface area contributed by atoms with E-state index in [1.165, 1.54) is 6.20 Å². The van der Waals surface area contributed by atoms with Gasteiger partial charge < -0.3 is 10.5 Å². The quantitative estimate of drug-likeness (QED) is 0.518. The summed E-state index contributed by atoms with van der Waals surface area (Å²) >= 11 is 5.43. The highest BCUT2D eigenvalue weighted by Gasteiger charge is 2.00. The van der Waals surface area contributed by atoms with Gasteiger partial charge in [-0.05, 0) is 11.6 Å². The molecule has 0 fully saturated rings. The minimum atomic E-state index is 0.0946. The fraction of sp³-hybridized carbons (Fsp3) is 0.167. The van der Waals surface area contributed by atoms with E-state index in [0.717, 1.165) is 6.29 Å². The summed E-state index contributed by atoms with van der Waals surface area (Å²) in [7, 11) is 0. The first-order valence-electron chi connectivity index (χ1n) is 2.94. The van der Waals surface area contributed by atoms with Gasteiger partial charge >= 0.3 is 0 Å². The van der Waals surface area contributed by atoms with Gasteiger partial charge in [0.15, 0.2) is 0 Å². The van der Waals surface area contributed by atoms with E-state index in [4.69, 9.17) is 17.3 Å². The van der Waals surface area contributed by atoms with Crippen LogP contribution < -0.4 is 5.73 Å². The van der Waals surface area contributed by atoms with Crippen LogP contribution in [-0.4, -0.2) is 16.3 Å². The largest absolute Gasteiger partial charge is 0.383 e. The summed E-state index contributed by atoms with van der Waals surface area (Å²) in [6, 6.07) is 0. The minimum absolute atomic E-state index is 0.0946. The maximum absolute atomic E-state index is 10.1. The number of hydrogen-bond acceptors (Lipinski definition) is 4. The molecule has 4 nitrogen and oxygen atoms in total. The third-order valence-corrected chi connectivity index (χ3v) is 1.35. The summed E-state index contributed by atoms with van der Waals surface area (Å²) in [5.41, 5.74) is 6.01. The van der Waals surface area contributed by atoms with Crippen molar-refractivity contribution in [3.8, 4) is 0 Å². The van der Waals surface area contributed by atoms with Crippen molar-refractivity contribution < 1.29 is 4.79 Å². The molecule has 0 aliphatic rings. The Hall–Kier alpha value is -1.16. The number of halogens is 1. The number of hydrogen-bond donors (Lipinski definition) is 1. The molecule has 0 bridgehead atoms. The highest BCUT2D eigenvalue weighted by molar-refractivity contribution is 6.28. The molecule has 0 amide bonds. The molecular weight excluding hydrogens is 166 g/mol. The Bertz CT molecular complexity index is 277. The highest BCUT2D eigenvalue weighted by Crippen LogP contribution is 2.09. The van der Waals surface area contributed by atoms with Crippen molar-refractivity contribution in [1.82, 2.24) is 9.97 Å². The van der Waals surface area contributed by atoms with Crippen molar-refractivity contribution in [2.24, 2.45) is 0 Å². The van der Waals surface area contributed by atoms with Gasteiger partial charge in [0, 0.05) is 18.2 Å².